The van der Waals surface area contributed by atoms with Crippen molar-refractivity contribution in [3.8, 4) is 0 Å². The zero-order chi connectivity index (χ0) is 19.0. The van der Waals surface area contributed by atoms with Gasteiger partial charge >= 0.3 is 0 Å². The highest BCUT2D eigenvalue weighted by Crippen LogP contribution is 2.43. The van der Waals surface area contributed by atoms with E-state index < -0.39 is 11.5 Å². The van der Waals surface area contributed by atoms with Crippen molar-refractivity contribution in [1.82, 2.24) is 4.90 Å². The molecule has 1 saturated heterocycles. The summed E-state index contributed by atoms with van der Waals surface area (Å²) in [5, 5.41) is 11.3. The Kier molecular flexibility index (Phi) is 4.88. The molecule has 0 aliphatic carbocycles. The number of carbonyl (C=O) groups excluding carboxylic acids is 2. The molecular formula is C21H24N2O3S. The number of rotatable bonds is 5. The highest BCUT2D eigenvalue weighted by Gasteiger charge is 2.51. The maximum Gasteiger partial charge on any atom is 0.265 e. The SMILES string of the molecule is Cc1ccc(C(=O)C[C@@]2(O)C(=O)N(CN3CCCCC3)c3ccccc32)s1. The second-order valence-corrected chi connectivity index (χ2v) is 8.73. The Balaban J connectivity index is 1.62. The number of ketones is 1. The summed E-state index contributed by atoms with van der Waals surface area (Å²) < 4.78 is 0. The number of aryl methyl sites for hydroxylation is 1. The fourth-order valence-electron chi connectivity index (χ4n) is 4.02. The number of likely N-dealkylation sites (tertiary alicyclic amines) is 1. The average molecular weight is 385 g/mol. The van der Waals surface area contributed by atoms with Crippen LogP contribution in [0.4, 0.5) is 5.69 Å². The number of para-hydroxylation sites is 1. The van der Waals surface area contributed by atoms with Gasteiger partial charge in [0.25, 0.3) is 5.91 Å². The van der Waals surface area contributed by atoms with Crippen LogP contribution in [-0.2, 0) is 10.4 Å². The van der Waals surface area contributed by atoms with Crippen molar-refractivity contribution >= 4 is 28.7 Å². The van der Waals surface area contributed by atoms with Crippen molar-refractivity contribution in [3.05, 3.63) is 51.7 Å². The lowest BCUT2D eigenvalue weighted by Crippen LogP contribution is -2.47. The summed E-state index contributed by atoms with van der Waals surface area (Å²) in [6.45, 7) is 4.31. The van der Waals surface area contributed by atoms with Crippen LogP contribution in [0.2, 0.25) is 0 Å². The van der Waals surface area contributed by atoms with Crippen LogP contribution in [-0.4, -0.2) is 41.5 Å². The van der Waals surface area contributed by atoms with Gasteiger partial charge in [0.15, 0.2) is 11.4 Å². The van der Waals surface area contributed by atoms with Crippen LogP contribution in [0.1, 0.15) is 45.8 Å². The number of thiophene rings is 1. The van der Waals surface area contributed by atoms with Gasteiger partial charge in [-0.05, 0) is 51.1 Å². The molecular weight excluding hydrogens is 360 g/mol. The number of nitrogens with zero attached hydrogens (tertiary/aromatic N) is 2. The van der Waals surface area contributed by atoms with Crippen LogP contribution in [0.25, 0.3) is 0 Å². The second kappa shape index (κ2) is 7.19. The second-order valence-electron chi connectivity index (χ2n) is 7.44. The van der Waals surface area contributed by atoms with Crippen LogP contribution in [0.3, 0.4) is 0 Å². The van der Waals surface area contributed by atoms with Crippen LogP contribution < -0.4 is 4.90 Å². The first-order valence-corrected chi connectivity index (χ1v) is 10.3. The number of amides is 1. The Morgan fingerprint density at radius 3 is 2.59 bits per heavy atom. The maximum absolute atomic E-state index is 13.2. The molecule has 0 radical (unpaired) electrons. The Bertz CT molecular complexity index is 872. The van der Waals surface area contributed by atoms with Crippen molar-refractivity contribution in [1.29, 1.82) is 0 Å². The molecule has 1 aromatic carbocycles. The van der Waals surface area contributed by atoms with Gasteiger partial charge in [0.2, 0.25) is 0 Å². The van der Waals surface area contributed by atoms with Crippen molar-refractivity contribution in [2.45, 2.75) is 38.2 Å². The lowest BCUT2D eigenvalue weighted by Gasteiger charge is -2.31. The summed E-state index contributed by atoms with van der Waals surface area (Å²) >= 11 is 1.40. The van der Waals surface area contributed by atoms with Gasteiger partial charge in [-0.3, -0.25) is 19.4 Å². The molecule has 1 amide bonds. The number of carbonyl (C=O) groups is 2. The van der Waals surface area contributed by atoms with Gasteiger partial charge in [-0.25, -0.2) is 0 Å². The average Bonchev–Trinajstić information content (AvgIpc) is 3.20. The first-order valence-electron chi connectivity index (χ1n) is 9.45. The van der Waals surface area contributed by atoms with E-state index in [2.05, 4.69) is 4.90 Å². The van der Waals surface area contributed by atoms with Gasteiger partial charge in [-0.1, -0.05) is 24.6 Å². The first kappa shape index (κ1) is 18.3. The first-order chi connectivity index (χ1) is 13.0. The van der Waals surface area contributed by atoms with E-state index >= 15 is 0 Å². The minimum absolute atomic E-state index is 0.196. The summed E-state index contributed by atoms with van der Waals surface area (Å²) in [6, 6.07) is 10.9. The van der Waals surface area contributed by atoms with Gasteiger partial charge in [0, 0.05) is 10.4 Å². The molecule has 27 heavy (non-hydrogen) atoms. The summed E-state index contributed by atoms with van der Waals surface area (Å²) in [5.41, 5.74) is -0.541. The van der Waals surface area contributed by atoms with Crippen molar-refractivity contribution in [2.24, 2.45) is 0 Å². The number of Topliss-reactive ketones (excluding diaryl/α,β-unsaturated/α-hetero) is 1. The molecule has 1 atom stereocenters. The molecule has 142 valence electrons. The minimum atomic E-state index is -1.79. The van der Waals surface area contributed by atoms with Crippen LogP contribution in [0.5, 0.6) is 0 Å². The Labute approximate surface area is 163 Å². The third-order valence-corrected chi connectivity index (χ3v) is 6.50. The molecule has 2 aliphatic rings. The lowest BCUT2D eigenvalue weighted by atomic mass is 9.89. The summed E-state index contributed by atoms with van der Waals surface area (Å²) in [6.07, 6.45) is 3.26. The molecule has 0 spiro atoms. The van der Waals surface area contributed by atoms with Crippen molar-refractivity contribution < 1.29 is 14.7 Å². The number of piperidine rings is 1. The van der Waals surface area contributed by atoms with Crippen LogP contribution in [0, 0.1) is 6.92 Å². The zero-order valence-electron chi connectivity index (χ0n) is 15.5. The molecule has 4 rings (SSSR count). The number of fused-ring (bicyclic) bond motifs is 1. The van der Waals surface area contributed by atoms with Gasteiger partial charge < -0.3 is 5.11 Å². The number of aliphatic hydroxyl groups is 1. The van der Waals surface area contributed by atoms with E-state index in [1.807, 2.05) is 25.1 Å². The standard InChI is InChI=1S/C21H24N2O3S/c1-15-9-10-19(27-15)18(24)13-21(26)16-7-3-4-8-17(16)23(20(21)25)14-22-11-5-2-6-12-22/h3-4,7-10,26H,2,5-6,11-14H2,1H3/t21-/m0/s1. The van der Waals surface area contributed by atoms with Gasteiger partial charge in [0.05, 0.1) is 23.7 Å². The molecule has 2 aliphatic heterocycles. The van der Waals surface area contributed by atoms with E-state index in [0.29, 0.717) is 22.8 Å². The molecule has 0 unspecified atom stereocenters. The third-order valence-electron chi connectivity index (χ3n) is 5.46. The topological polar surface area (TPSA) is 60.9 Å². The molecule has 3 heterocycles. The monoisotopic (exact) mass is 384 g/mol. The van der Waals surface area contributed by atoms with Crippen LogP contribution >= 0.6 is 11.3 Å². The molecule has 0 saturated carbocycles. The molecule has 5 nitrogen and oxygen atoms in total. The predicted octanol–water partition coefficient (Wildman–Crippen LogP) is 3.31. The van der Waals surface area contributed by atoms with E-state index in [-0.39, 0.29) is 12.2 Å². The fraction of sp³-hybridized carbons (Fsp3) is 0.429. The molecule has 1 aromatic heterocycles. The zero-order valence-corrected chi connectivity index (χ0v) is 16.3. The number of anilines is 1. The van der Waals surface area contributed by atoms with E-state index in [1.54, 1.807) is 23.1 Å². The minimum Gasteiger partial charge on any atom is -0.375 e. The highest BCUT2D eigenvalue weighted by atomic mass is 32.1. The maximum atomic E-state index is 13.2. The van der Waals surface area contributed by atoms with Gasteiger partial charge in [-0.2, -0.15) is 0 Å². The number of benzene rings is 1. The van der Waals surface area contributed by atoms with E-state index in [4.69, 9.17) is 0 Å². The summed E-state index contributed by atoms with van der Waals surface area (Å²) in [5.74, 6) is -0.588. The van der Waals surface area contributed by atoms with E-state index in [1.165, 1.54) is 17.8 Å². The molecule has 1 N–H and O–H groups in total. The predicted molar refractivity (Wildman–Crippen MR) is 106 cm³/mol. The Morgan fingerprint density at radius 2 is 1.89 bits per heavy atom. The molecule has 1 fully saturated rings. The van der Waals surface area contributed by atoms with Crippen molar-refractivity contribution in [2.75, 3.05) is 24.7 Å². The Hall–Kier alpha value is -2.02. The summed E-state index contributed by atoms with van der Waals surface area (Å²) in [7, 11) is 0. The quantitative estimate of drug-likeness (QED) is 0.804. The largest absolute Gasteiger partial charge is 0.375 e. The highest BCUT2D eigenvalue weighted by molar-refractivity contribution is 7.14. The van der Waals surface area contributed by atoms with Gasteiger partial charge in [0.1, 0.15) is 0 Å². The summed E-state index contributed by atoms with van der Waals surface area (Å²) in [4.78, 5) is 31.5. The number of hydrogen-bond donors (Lipinski definition) is 1. The van der Waals surface area contributed by atoms with Crippen LogP contribution in [0.15, 0.2) is 36.4 Å². The normalized spacial score (nSPS) is 22.9. The smallest absolute Gasteiger partial charge is 0.265 e. The van der Waals surface area contributed by atoms with Gasteiger partial charge in [-0.15, -0.1) is 11.3 Å². The molecule has 6 heteroatoms. The van der Waals surface area contributed by atoms with E-state index in [0.717, 1.165) is 30.8 Å². The fourth-order valence-corrected chi connectivity index (χ4v) is 4.83. The van der Waals surface area contributed by atoms with E-state index in [9.17, 15) is 14.7 Å². The molecule has 2 aromatic rings. The third kappa shape index (κ3) is 3.33. The Morgan fingerprint density at radius 1 is 1.15 bits per heavy atom. The number of hydrogen-bond acceptors (Lipinski definition) is 5. The molecule has 0 bridgehead atoms. The van der Waals surface area contributed by atoms with Crippen molar-refractivity contribution in [3.63, 3.8) is 0 Å². The lowest BCUT2D eigenvalue weighted by molar-refractivity contribution is -0.136.